The van der Waals surface area contributed by atoms with E-state index in [1.807, 2.05) is 20.8 Å². The summed E-state index contributed by atoms with van der Waals surface area (Å²) < 4.78 is 29.1. The minimum Gasteiger partial charge on any atom is -0.382 e. The molecule has 0 bridgehead atoms. The average molecular weight is 422 g/mol. The standard InChI is InChI=1S/C16H31N3O8Si/c1-5-25-28(26-6-2,27-7-3)12-8-9-18-14(20)17-15(21)19(16(18)22)13-24-11-10-23-4/h5-13H2,1-4H3,(H,17,20,21). The summed E-state index contributed by atoms with van der Waals surface area (Å²) in [6.45, 7) is 7.25. The number of hydrogen-bond acceptors (Lipinski definition) is 8. The molecule has 0 saturated carbocycles. The molecule has 1 rings (SSSR count). The van der Waals surface area contributed by atoms with Crippen molar-refractivity contribution >= 4 is 8.80 Å². The molecule has 162 valence electrons. The van der Waals surface area contributed by atoms with Crippen LogP contribution in [0.5, 0.6) is 0 Å². The van der Waals surface area contributed by atoms with Gasteiger partial charge >= 0.3 is 25.9 Å². The Morgan fingerprint density at radius 1 is 0.893 bits per heavy atom. The molecule has 1 aromatic rings. The minimum absolute atomic E-state index is 0.0918. The van der Waals surface area contributed by atoms with Crippen molar-refractivity contribution in [2.24, 2.45) is 0 Å². The quantitative estimate of drug-likeness (QED) is 0.304. The largest absolute Gasteiger partial charge is 0.500 e. The van der Waals surface area contributed by atoms with E-state index in [9.17, 15) is 14.4 Å². The molecule has 0 aliphatic rings. The van der Waals surface area contributed by atoms with Crippen molar-refractivity contribution in [2.45, 2.75) is 46.5 Å². The van der Waals surface area contributed by atoms with E-state index >= 15 is 0 Å². The van der Waals surface area contributed by atoms with Gasteiger partial charge < -0.3 is 22.8 Å². The second kappa shape index (κ2) is 12.8. The molecule has 0 saturated heterocycles. The number of rotatable bonds is 15. The first-order chi connectivity index (χ1) is 13.4. The molecule has 0 fully saturated rings. The van der Waals surface area contributed by atoms with Crippen LogP contribution in [-0.4, -0.2) is 63.1 Å². The number of aromatic nitrogens is 3. The monoisotopic (exact) mass is 421 g/mol. The summed E-state index contributed by atoms with van der Waals surface area (Å²) in [5.41, 5.74) is -2.31. The van der Waals surface area contributed by atoms with E-state index in [4.69, 9.17) is 22.8 Å². The predicted molar refractivity (Wildman–Crippen MR) is 103 cm³/mol. The van der Waals surface area contributed by atoms with E-state index < -0.39 is 25.9 Å². The number of hydrogen-bond donors (Lipinski definition) is 1. The maximum absolute atomic E-state index is 12.5. The molecule has 11 nitrogen and oxygen atoms in total. The first-order valence-electron chi connectivity index (χ1n) is 9.37. The second-order valence-corrected chi connectivity index (χ2v) is 8.45. The average Bonchev–Trinajstić information content (AvgIpc) is 2.64. The topological polar surface area (TPSA) is 123 Å². The van der Waals surface area contributed by atoms with Crippen LogP contribution >= 0.6 is 0 Å². The molecule has 1 N–H and O–H groups in total. The normalized spacial score (nSPS) is 11.9. The van der Waals surface area contributed by atoms with Crippen LogP contribution in [0, 0.1) is 0 Å². The van der Waals surface area contributed by atoms with E-state index in [2.05, 4.69) is 4.98 Å². The summed E-state index contributed by atoms with van der Waals surface area (Å²) in [7, 11) is -1.36. The summed E-state index contributed by atoms with van der Waals surface area (Å²) in [5.74, 6) is 0. The molecule has 0 spiro atoms. The number of ether oxygens (including phenoxy) is 2. The Balaban J connectivity index is 2.91. The Morgan fingerprint density at radius 2 is 1.46 bits per heavy atom. The fourth-order valence-corrected chi connectivity index (χ4v) is 5.20. The highest BCUT2D eigenvalue weighted by Crippen LogP contribution is 2.18. The van der Waals surface area contributed by atoms with Crippen LogP contribution in [0.15, 0.2) is 14.4 Å². The van der Waals surface area contributed by atoms with Crippen molar-refractivity contribution in [3.8, 4) is 0 Å². The Hall–Kier alpha value is -1.57. The lowest BCUT2D eigenvalue weighted by atomic mass is 10.5. The highest BCUT2D eigenvalue weighted by molar-refractivity contribution is 6.60. The zero-order valence-corrected chi connectivity index (χ0v) is 18.0. The van der Waals surface area contributed by atoms with Crippen LogP contribution in [0.4, 0.5) is 0 Å². The molecule has 0 aliphatic carbocycles. The number of nitrogens with one attached hydrogen (secondary N) is 1. The Bertz CT molecular complexity index is 728. The third-order valence-corrected chi connectivity index (χ3v) is 6.93. The zero-order chi connectivity index (χ0) is 21.0. The van der Waals surface area contributed by atoms with Gasteiger partial charge in [-0.05, 0) is 27.2 Å². The highest BCUT2D eigenvalue weighted by atomic mass is 28.4. The van der Waals surface area contributed by atoms with Crippen LogP contribution in [0.2, 0.25) is 6.04 Å². The molecule has 0 radical (unpaired) electrons. The summed E-state index contributed by atoms with van der Waals surface area (Å²) in [5, 5.41) is 0. The van der Waals surface area contributed by atoms with Gasteiger partial charge in [0.05, 0.1) is 13.2 Å². The summed E-state index contributed by atoms with van der Waals surface area (Å²) in [6, 6.07) is 0.442. The molecular weight excluding hydrogens is 390 g/mol. The third-order valence-electron chi connectivity index (χ3n) is 3.78. The Morgan fingerprint density at radius 3 is 2.00 bits per heavy atom. The smallest absolute Gasteiger partial charge is 0.382 e. The van der Waals surface area contributed by atoms with Gasteiger partial charge in [-0.3, -0.25) is 4.98 Å². The van der Waals surface area contributed by atoms with Crippen molar-refractivity contribution in [3.63, 3.8) is 0 Å². The third kappa shape index (κ3) is 7.11. The van der Waals surface area contributed by atoms with Crippen molar-refractivity contribution in [2.75, 3.05) is 40.1 Å². The minimum atomic E-state index is -2.87. The Labute approximate surface area is 164 Å². The molecular formula is C16H31N3O8Si. The number of H-pyrrole nitrogens is 1. The highest BCUT2D eigenvalue weighted by Gasteiger charge is 2.39. The SMILES string of the molecule is CCO[Si](CCCn1c(=O)[nH]c(=O)n(COCCOC)c1=O)(OCC)OCC. The lowest BCUT2D eigenvalue weighted by Gasteiger charge is -2.28. The molecule has 1 aromatic heterocycles. The van der Waals surface area contributed by atoms with Crippen LogP contribution in [0.25, 0.3) is 0 Å². The molecule has 0 atom stereocenters. The van der Waals surface area contributed by atoms with Crippen LogP contribution < -0.4 is 17.1 Å². The summed E-state index contributed by atoms with van der Waals surface area (Å²) in [4.78, 5) is 38.6. The molecule has 12 heteroatoms. The van der Waals surface area contributed by atoms with Crippen LogP contribution in [-0.2, 0) is 36.0 Å². The lowest BCUT2D eigenvalue weighted by Crippen LogP contribution is -2.50. The van der Waals surface area contributed by atoms with Crippen molar-refractivity contribution in [1.82, 2.24) is 14.1 Å². The Kier molecular flexibility index (Phi) is 11.2. The van der Waals surface area contributed by atoms with Gasteiger partial charge in [0.1, 0.15) is 6.73 Å². The van der Waals surface area contributed by atoms with Crippen LogP contribution in [0.3, 0.4) is 0 Å². The van der Waals surface area contributed by atoms with Gasteiger partial charge in [0.15, 0.2) is 0 Å². The van der Waals surface area contributed by atoms with Gasteiger partial charge in [-0.1, -0.05) is 0 Å². The first-order valence-corrected chi connectivity index (χ1v) is 11.3. The maximum Gasteiger partial charge on any atom is 0.500 e. The van der Waals surface area contributed by atoms with E-state index in [0.717, 1.165) is 9.13 Å². The molecule has 28 heavy (non-hydrogen) atoms. The van der Waals surface area contributed by atoms with Gasteiger partial charge in [0, 0.05) is 39.5 Å². The van der Waals surface area contributed by atoms with Gasteiger partial charge in [-0.15, -0.1) is 0 Å². The van der Waals surface area contributed by atoms with Crippen LogP contribution in [0.1, 0.15) is 27.2 Å². The van der Waals surface area contributed by atoms with E-state index in [1.54, 1.807) is 0 Å². The van der Waals surface area contributed by atoms with Gasteiger partial charge in [-0.25, -0.2) is 23.5 Å². The van der Waals surface area contributed by atoms with E-state index in [-0.39, 0.29) is 19.9 Å². The van der Waals surface area contributed by atoms with E-state index in [1.165, 1.54) is 7.11 Å². The number of methoxy groups -OCH3 is 1. The fourth-order valence-electron chi connectivity index (χ4n) is 2.61. The molecule has 0 unspecified atom stereocenters. The molecule has 0 aromatic carbocycles. The second-order valence-electron chi connectivity index (χ2n) is 5.71. The number of nitrogens with zero attached hydrogens (tertiary/aromatic N) is 2. The zero-order valence-electron chi connectivity index (χ0n) is 17.0. The van der Waals surface area contributed by atoms with Gasteiger partial charge in [0.25, 0.3) is 0 Å². The fraction of sp³-hybridized carbons (Fsp3) is 0.812. The summed E-state index contributed by atoms with van der Waals surface area (Å²) >= 11 is 0. The van der Waals surface area contributed by atoms with Gasteiger partial charge in [0.2, 0.25) is 0 Å². The van der Waals surface area contributed by atoms with Crippen molar-refractivity contribution in [1.29, 1.82) is 0 Å². The van der Waals surface area contributed by atoms with E-state index in [0.29, 0.717) is 38.9 Å². The lowest BCUT2D eigenvalue weighted by molar-refractivity contribution is 0.0291. The maximum atomic E-state index is 12.5. The molecule has 0 aliphatic heterocycles. The van der Waals surface area contributed by atoms with Crippen molar-refractivity contribution < 1.29 is 22.8 Å². The summed E-state index contributed by atoms with van der Waals surface area (Å²) in [6.07, 6.45) is 0.415. The molecule has 0 amide bonds. The van der Waals surface area contributed by atoms with Crippen molar-refractivity contribution in [3.05, 3.63) is 31.5 Å². The first kappa shape index (κ1) is 24.5. The molecule has 1 heterocycles. The van der Waals surface area contributed by atoms with Gasteiger partial charge in [-0.2, -0.15) is 0 Å². The predicted octanol–water partition coefficient (Wildman–Crippen LogP) is -0.243. The number of aromatic amines is 1.